The van der Waals surface area contributed by atoms with Crippen LogP contribution in [0.15, 0.2) is 80.6 Å². The molecule has 0 aliphatic carbocycles. The van der Waals surface area contributed by atoms with Crippen LogP contribution in [0.1, 0.15) is 5.56 Å². The lowest BCUT2D eigenvalue weighted by molar-refractivity contribution is -0.385. The molecule has 30 heavy (non-hydrogen) atoms. The number of aliphatic imine (C=N–C) groups is 1. The fourth-order valence-electron chi connectivity index (χ4n) is 2.80. The standard InChI is InChI=1S/C22H13BrClN3O3/c23-17-9-7-14(12-20(17)27(28)29)4-3-11-25-15-8-10-21-19(13-15)26-22(30-21)16-5-1-2-6-18(16)24/h1-13H/b4-3+,25-11?. The number of nitro groups is 1. The first-order chi connectivity index (χ1) is 14.5. The van der Waals surface area contributed by atoms with E-state index in [1.807, 2.05) is 30.3 Å². The molecule has 0 saturated heterocycles. The SMILES string of the molecule is O=[N+]([O-])c1cc(/C=C/C=Nc2ccc3oc(-c4ccccc4Cl)nc3c2)ccc1Br. The lowest BCUT2D eigenvalue weighted by atomic mass is 10.2. The lowest BCUT2D eigenvalue weighted by Gasteiger charge is -1.97. The number of hydrogen-bond donors (Lipinski definition) is 0. The minimum absolute atomic E-state index is 0.0138. The van der Waals surface area contributed by atoms with Gasteiger partial charge in [-0.25, -0.2) is 4.98 Å². The molecule has 6 nitrogen and oxygen atoms in total. The number of fused-ring (bicyclic) bond motifs is 1. The van der Waals surface area contributed by atoms with Crippen molar-refractivity contribution < 1.29 is 9.34 Å². The first-order valence-electron chi connectivity index (χ1n) is 8.81. The summed E-state index contributed by atoms with van der Waals surface area (Å²) in [4.78, 5) is 19.5. The first kappa shape index (κ1) is 20.0. The van der Waals surface area contributed by atoms with Crippen LogP contribution >= 0.6 is 27.5 Å². The van der Waals surface area contributed by atoms with Crippen LogP contribution in [0.2, 0.25) is 5.02 Å². The highest BCUT2D eigenvalue weighted by molar-refractivity contribution is 9.10. The number of oxazole rings is 1. The summed E-state index contributed by atoms with van der Waals surface area (Å²) >= 11 is 9.39. The van der Waals surface area contributed by atoms with Crippen LogP contribution in [0, 0.1) is 10.1 Å². The highest BCUT2D eigenvalue weighted by Gasteiger charge is 2.12. The molecule has 0 atom stereocenters. The van der Waals surface area contributed by atoms with Gasteiger partial charge in [-0.1, -0.05) is 35.9 Å². The average Bonchev–Trinajstić information content (AvgIpc) is 3.15. The van der Waals surface area contributed by atoms with Crippen LogP contribution in [-0.4, -0.2) is 16.1 Å². The Morgan fingerprint density at radius 1 is 1.13 bits per heavy atom. The van der Waals surface area contributed by atoms with E-state index in [2.05, 4.69) is 25.9 Å². The number of hydrogen-bond acceptors (Lipinski definition) is 5. The maximum absolute atomic E-state index is 11.0. The Morgan fingerprint density at radius 2 is 1.97 bits per heavy atom. The maximum atomic E-state index is 11.0. The molecule has 0 N–H and O–H groups in total. The summed E-state index contributed by atoms with van der Waals surface area (Å²) in [6.07, 6.45) is 5.08. The number of halogens is 2. The number of rotatable bonds is 5. The van der Waals surface area contributed by atoms with Crippen molar-refractivity contribution >= 4 is 62.3 Å². The minimum atomic E-state index is -0.431. The summed E-state index contributed by atoms with van der Waals surface area (Å²) in [6, 6.07) is 17.7. The third-order valence-electron chi connectivity index (χ3n) is 4.24. The molecule has 0 aliphatic rings. The van der Waals surface area contributed by atoms with Crippen molar-refractivity contribution in [2.24, 2.45) is 4.99 Å². The van der Waals surface area contributed by atoms with Crippen LogP contribution in [0.4, 0.5) is 11.4 Å². The van der Waals surface area contributed by atoms with E-state index in [9.17, 15) is 10.1 Å². The molecule has 0 unspecified atom stereocenters. The number of aromatic nitrogens is 1. The molecule has 1 heterocycles. The van der Waals surface area contributed by atoms with Crippen LogP contribution in [0.3, 0.4) is 0 Å². The zero-order valence-electron chi connectivity index (χ0n) is 15.3. The average molecular weight is 483 g/mol. The Kier molecular flexibility index (Phi) is 5.74. The Morgan fingerprint density at radius 3 is 2.77 bits per heavy atom. The van der Waals surface area contributed by atoms with E-state index in [4.69, 9.17) is 16.0 Å². The van der Waals surface area contributed by atoms with Crippen molar-refractivity contribution in [3.63, 3.8) is 0 Å². The van der Waals surface area contributed by atoms with Crippen molar-refractivity contribution in [1.29, 1.82) is 0 Å². The van der Waals surface area contributed by atoms with Gasteiger partial charge in [0.25, 0.3) is 5.69 Å². The summed E-state index contributed by atoms with van der Waals surface area (Å²) in [6.45, 7) is 0. The predicted octanol–water partition coefficient (Wildman–Crippen LogP) is 7.23. The Bertz CT molecular complexity index is 1310. The molecule has 148 valence electrons. The largest absolute Gasteiger partial charge is 0.436 e. The van der Waals surface area contributed by atoms with E-state index < -0.39 is 4.92 Å². The van der Waals surface area contributed by atoms with Crippen molar-refractivity contribution in [1.82, 2.24) is 4.98 Å². The summed E-state index contributed by atoms with van der Waals surface area (Å²) < 4.78 is 6.23. The quantitative estimate of drug-likeness (QED) is 0.171. The van der Waals surface area contributed by atoms with Gasteiger partial charge in [0.2, 0.25) is 5.89 Å². The van der Waals surface area contributed by atoms with Gasteiger partial charge >= 0.3 is 0 Å². The molecule has 0 spiro atoms. The third-order valence-corrected chi connectivity index (χ3v) is 5.24. The fraction of sp³-hybridized carbons (Fsp3) is 0. The summed E-state index contributed by atoms with van der Waals surface area (Å²) in [7, 11) is 0. The monoisotopic (exact) mass is 481 g/mol. The molecule has 0 aliphatic heterocycles. The van der Waals surface area contributed by atoms with Crippen molar-refractivity contribution in [3.05, 3.63) is 91.9 Å². The normalized spacial score (nSPS) is 11.7. The van der Waals surface area contributed by atoms with Crippen LogP contribution in [-0.2, 0) is 0 Å². The zero-order valence-corrected chi connectivity index (χ0v) is 17.7. The fourth-order valence-corrected chi connectivity index (χ4v) is 3.41. The van der Waals surface area contributed by atoms with Crippen molar-refractivity contribution in [3.8, 4) is 11.5 Å². The van der Waals surface area contributed by atoms with E-state index in [1.165, 1.54) is 6.07 Å². The van der Waals surface area contributed by atoms with Gasteiger partial charge in [0.15, 0.2) is 5.58 Å². The topological polar surface area (TPSA) is 81.5 Å². The lowest BCUT2D eigenvalue weighted by Crippen LogP contribution is -1.89. The second kappa shape index (κ2) is 8.61. The highest BCUT2D eigenvalue weighted by atomic mass is 79.9. The van der Waals surface area contributed by atoms with Crippen LogP contribution < -0.4 is 0 Å². The van der Waals surface area contributed by atoms with Crippen molar-refractivity contribution in [2.75, 3.05) is 0 Å². The van der Waals surface area contributed by atoms with E-state index in [0.717, 1.165) is 5.56 Å². The zero-order chi connectivity index (χ0) is 21.1. The molecule has 0 fully saturated rings. The molecule has 0 amide bonds. The second-order valence-electron chi connectivity index (χ2n) is 6.26. The van der Waals surface area contributed by atoms with Crippen LogP contribution in [0.5, 0.6) is 0 Å². The molecule has 4 rings (SSSR count). The number of benzene rings is 3. The molecule has 4 aromatic rings. The van der Waals surface area contributed by atoms with E-state index in [1.54, 1.807) is 42.6 Å². The van der Waals surface area contributed by atoms with Gasteiger partial charge in [-0.2, -0.15) is 0 Å². The molecule has 1 aromatic heterocycles. The molecule has 0 bridgehead atoms. The van der Waals surface area contributed by atoms with E-state index in [-0.39, 0.29) is 5.69 Å². The minimum Gasteiger partial charge on any atom is -0.436 e. The number of allylic oxidation sites excluding steroid dienone is 1. The maximum Gasteiger partial charge on any atom is 0.284 e. The summed E-state index contributed by atoms with van der Waals surface area (Å²) in [5, 5.41) is 11.6. The van der Waals surface area contributed by atoms with Gasteiger partial charge in [-0.05, 0) is 64.0 Å². The smallest absolute Gasteiger partial charge is 0.284 e. The van der Waals surface area contributed by atoms with Crippen LogP contribution in [0.25, 0.3) is 28.6 Å². The first-order valence-corrected chi connectivity index (χ1v) is 9.98. The Hall–Kier alpha value is -3.29. The van der Waals surface area contributed by atoms with Gasteiger partial charge in [0.05, 0.1) is 25.7 Å². The third kappa shape index (κ3) is 4.32. The second-order valence-corrected chi connectivity index (χ2v) is 7.52. The van der Waals surface area contributed by atoms with Gasteiger partial charge in [0.1, 0.15) is 5.52 Å². The van der Waals surface area contributed by atoms with Gasteiger partial charge < -0.3 is 4.42 Å². The summed E-state index contributed by atoms with van der Waals surface area (Å²) in [5.41, 5.74) is 3.46. The van der Waals surface area contributed by atoms with Crippen molar-refractivity contribution in [2.45, 2.75) is 0 Å². The Labute approximate surface area is 184 Å². The predicted molar refractivity (Wildman–Crippen MR) is 122 cm³/mol. The molecule has 8 heteroatoms. The molecule has 3 aromatic carbocycles. The van der Waals surface area contributed by atoms with Gasteiger partial charge in [-0.15, -0.1) is 0 Å². The molecular formula is C22H13BrClN3O3. The van der Waals surface area contributed by atoms with Gasteiger partial charge in [0, 0.05) is 12.3 Å². The molecule has 0 saturated carbocycles. The summed E-state index contributed by atoms with van der Waals surface area (Å²) in [5.74, 6) is 0.452. The molecule has 0 radical (unpaired) electrons. The number of nitrogens with zero attached hydrogens (tertiary/aromatic N) is 3. The van der Waals surface area contributed by atoms with Gasteiger partial charge in [-0.3, -0.25) is 15.1 Å². The highest BCUT2D eigenvalue weighted by Crippen LogP contribution is 2.31. The Balaban J connectivity index is 1.53. The van der Waals surface area contributed by atoms with E-state index >= 15 is 0 Å². The van der Waals surface area contributed by atoms with E-state index in [0.29, 0.717) is 37.7 Å². The molecular weight excluding hydrogens is 470 g/mol. The number of nitro benzene ring substituents is 1.